The van der Waals surface area contributed by atoms with Gasteiger partial charge in [0.2, 0.25) is 0 Å². The zero-order valence-electron chi connectivity index (χ0n) is 14.3. The van der Waals surface area contributed by atoms with Gasteiger partial charge in [0.05, 0.1) is 11.1 Å². The maximum absolute atomic E-state index is 13.8. The number of benzene rings is 1. The van der Waals surface area contributed by atoms with E-state index in [9.17, 15) is 9.50 Å². The van der Waals surface area contributed by atoms with E-state index < -0.39 is 5.60 Å². The highest BCUT2D eigenvalue weighted by Gasteiger charge is 2.46. The van der Waals surface area contributed by atoms with Gasteiger partial charge < -0.3 is 10.4 Å². The lowest BCUT2D eigenvalue weighted by molar-refractivity contribution is -0.103. The van der Waals surface area contributed by atoms with Gasteiger partial charge in [-0.3, -0.25) is 4.90 Å². The molecule has 0 amide bonds. The summed E-state index contributed by atoms with van der Waals surface area (Å²) in [5, 5.41) is 14.6. The number of hydrogen-bond donors (Lipinski definition) is 2. The molecule has 1 aromatic carbocycles. The van der Waals surface area contributed by atoms with Gasteiger partial charge in [0, 0.05) is 25.7 Å². The van der Waals surface area contributed by atoms with Crippen molar-refractivity contribution in [1.82, 2.24) is 10.2 Å². The van der Waals surface area contributed by atoms with Gasteiger partial charge in [-0.25, -0.2) is 4.39 Å². The standard InChI is InChI=1S/C19H29FN2O/c1-15(19(23)9-4-3-5-10-19)22-12-11-21-14-18(22,2)16-7-6-8-17(20)13-16/h6-8,13,15,21,23H,3-5,9-12,14H2,1-2H3. The fourth-order valence-electron chi connectivity index (χ4n) is 4.46. The van der Waals surface area contributed by atoms with E-state index in [4.69, 9.17) is 0 Å². The summed E-state index contributed by atoms with van der Waals surface area (Å²) in [5.41, 5.74) is 0.0628. The first-order chi connectivity index (χ1) is 11.0. The quantitative estimate of drug-likeness (QED) is 0.898. The Bertz CT molecular complexity index is 544. The van der Waals surface area contributed by atoms with Gasteiger partial charge in [-0.05, 0) is 44.4 Å². The lowest BCUT2D eigenvalue weighted by Crippen LogP contribution is -2.65. The van der Waals surface area contributed by atoms with Crippen LogP contribution in [0, 0.1) is 5.82 Å². The van der Waals surface area contributed by atoms with E-state index in [2.05, 4.69) is 24.1 Å². The molecule has 0 aromatic heterocycles. The van der Waals surface area contributed by atoms with Crippen LogP contribution in [0.25, 0.3) is 0 Å². The molecule has 2 aliphatic rings. The van der Waals surface area contributed by atoms with Crippen molar-refractivity contribution in [3.05, 3.63) is 35.6 Å². The number of rotatable bonds is 3. The van der Waals surface area contributed by atoms with E-state index in [1.54, 1.807) is 12.1 Å². The van der Waals surface area contributed by atoms with Crippen LogP contribution < -0.4 is 5.32 Å². The average molecular weight is 320 g/mol. The first kappa shape index (κ1) is 16.9. The molecular formula is C19H29FN2O. The molecule has 2 N–H and O–H groups in total. The van der Waals surface area contributed by atoms with Crippen LogP contribution >= 0.6 is 0 Å². The highest BCUT2D eigenvalue weighted by atomic mass is 19.1. The van der Waals surface area contributed by atoms with Gasteiger partial charge in [-0.2, -0.15) is 0 Å². The normalized spacial score (nSPS) is 30.1. The molecule has 2 fully saturated rings. The highest BCUT2D eigenvalue weighted by Crippen LogP contribution is 2.39. The van der Waals surface area contributed by atoms with Crippen molar-refractivity contribution in [3.63, 3.8) is 0 Å². The minimum absolute atomic E-state index is 0.0677. The molecule has 1 aliphatic heterocycles. The first-order valence-corrected chi connectivity index (χ1v) is 8.92. The van der Waals surface area contributed by atoms with Crippen molar-refractivity contribution in [2.45, 2.75) is 63.1 Å². The molecule has 1 heterocycles. The van der Waals surface area contributed by atoms with Gasteiger partial charge >= 0.3 is 0 Å². The number of nitrogens with one attached hydrogen (secondary N) is 1. The van der Waals surface area contributed by atoms with Crippen molar-refractivity contribution < 1.29 is 9.50 Å². The van der Waals surface area contributed by atoms with E-state index >= 15 is 0 Å². The zero-order valence-corrected chi connectivity index (χ0v) is 14.3. The molecule has 4 heteroatoms. The second kappa shape index (κ2) is 6.50. The van der Waals surface area contributed by atoms with Gasteiger partial charge in [-0.1, -0.05) is 31.4 Å². The van der Waals surface area contributed by atoms with E-state index in [1.165, 1.54) is 12.5 Å². The summed E-state index contributed by atoms with van der Waals surface area (Å²) in [6.45, 7) is 6.86. The minimum Gasteiger partial charge on any atom is -0.388 e. The predicted molar refractivity (Wildman–Crippen MR) is 90.8 cm³/mol. The van der Waals surface area contributed by atoms with Crippen LogP contribution in [0.2, 0.25) is 0 Å². The third-order valence-corrected chi connectivity index (χ3v) is 6.04. The van der Waals surface area contributed by atoms with Crippen LogP contribution in [0.3, 0.4) is 0 Å². The van der Waals surface area contributed by atoms with E-state index in [1.807, 2.05) is 6.07 Å². The Hall–Kier alpha value is -0.970. The SMILES string of the molecule is CC(N1CCNCC1(C)c1cccc(F)c1)C1(O)CCCCC1. The van der Waals surface area contributed by atoms with Crippen LogP contribution in [0.5, 0.6) is 0 Å². The topological polar surface area (TPSA) is 35.5 Å². The predicted octanol–water partition coefficient (Wildman–Crippen LogP) is 3.03. The highest BCUT2D eigenvalue weighted by molar-refractivity contribution is 5.27. The molecule has 1 saturated carbocycles. The molecule has 1 aliphatic carbocycles. The molecule has 1 aromatic rings. The third-order valence-electron chi connectivity index (χ3n) is 6.04. The smallest absolute Gasteiger partial charge is 0.123 e. The number of halogens is 1. The summed E-state index contributed by atoms with van der Waals surface area (Å²) in [7, 11) is 0. The second-order valence-electron chi connectivity index (χ2n) is 7.49. The molecule has 3 rings (SSSR count). The van der Waals surface area contributed by atoms with Gasteiger partial charge in [-0.15, -0.1) is 0 Å². The fourth-order valence-corrected chi connectivity index (χ4v) is 4.46. The monoisotopic (exact) mass is 320 g/mol. The molecule has 0 radical (unpaired) electrons. The first-order valence-electron chi connectivity index (χ1n) is 8.92. The molecule has 2 unspecified atom stereocenters. The van der Waals surface area contributed by atoms with Gasteiger partial charge in [0.15, 0.2) is 0 Å². The second-order valence-corrected chi connectivity index (χ2v) is 7.49. The summed E-state index contributed by atoms with van der Waals surface area (Å²) < 4.78 is 13.8. The third kappa shape index (κ3) is 3.17. The van der Waals surface area contributed by atoms with Crippen molar-refractivity contribution in [2.75, 3.05) is 19.6 Å². The van der Waals surface area contributed by atoms with E-state index in [-0.39, 0.29) is 17.4 Å². The molecule has 23 heavy (non-hydrogen) atoms. The molecule has 0 bridgehead atoms. The lowest BCUT2D eigenvalue weighted by atomic mass is 9.76. The van der Waals surface area contributed by atoms with Crippen LogP contribution in [0.1, 0.15) is 51.5 Å². The molecule has 1 saturated heterocycles. The lowest BCUT2D eigenvalue weighted by Gasteiger charge is -2.53. The van der Waals surface area contributed by atoms with Crippen molar-refractivity contribution in [3.8, 4) is 0 Å². The van der Waals surface area contributed by atoms with Crippen LogP contribution in [-0.4, -0.2) is 41.3 Å². The van der Waals surface area contributed by atoms with E-state index in [0.717, 1.165) is 50.9 Å². The maximum atomic E-state index is 13.8. The van der Waals surface area contributed by atoms with Crippen LogP contribution in [0.4, 0.5) is 4.39 Å². The molecule has 0 spiro atoms. The molecule has 2 atom stereocenters. The Morgan fingerprint density at radius 2 is 2.00 bits per heavy atom. The summed E-state index contributed by atoms with van der Waals surface area (Å²) >= 11 is 0. The Balaban J connectivity index is 1.91. The zero-order chi connectivity index (χ0) is 16.5. The largest absolute Gasteiger partial charge is 0.388 e. The fraction of sp³-hybridized carbons (Fsp3) is 0.684. The van der Waals surface area contributed by atoms with Crippen molar-refractivity contribution >= 4 is 0 Å². The Morgan fingerprint density at radius 1 is 1.26 bits per heavy atom. The minimum atomic E-state index is -0.621. The molecular weight excluding hydrogens is 291 g/mol. The van der Waals surface area contributed by atoms with Gasteiger partial charge in [0.1, 0.15) is 5.82 Å². The van der Waals surface area contributed by atoms with Gasteiger partial charge in [0.25, 0.3) is 0 Å². The number of nitrogens with zero attached hydrogens (tertiary/aromatic N) is 1. The Labute approximate surface area is 138 Å². The Kier molecular flexibility index (Phi) is 4.77. The molecule has 3 nitrogen and oxygen atoms in total. The maximum Gasteiger partial charge on any atom is 0.123 e. The number of aliphatic hydroxyl groups is 1. The van der Waals surface area contributed by atoms with Crippen LogP contribution in [0.15, 0.2) is 24.3 Å². The molecule has 128 valence electrons. The summed E-state index contributed by atoms with van der Waals surface area (Å²) in [6.07, 6.45) is 5.17. The average Bonchev–Trinajstić information content (AvgIpc) is 2.55. The number of piperazine rings is 1. The Morgan fingerprint density at radius 3 is 2.70 bits per heavy atom. The summed E-state index contributed by atoms with van der Waals surface area (Å²) in [6, 6.07) is 6.98. The van der Waals surface area contributed by atoms with Crippen molar-refractivity contribution in [1.29, 1.82) is 0 Å². The summed E-state index contributed by atoms with van der Waals surface area (Å²) in [5.74, 6) is -0.196. The van der Waals surface area contributed by atoms with Crippen molar-refractivity contribution in [2.24, 2.45) is 0 Å². The summed E-state index contributed by atoms with van der Waals surface area (Å²) in [4.78, 5) is 2.39. The van der Waals surface area contributed by atoms with Crippen LogP contribution in [-0.2, 0) is 5.54 Å². The number of hydrogen-bond acceptors (Lipinski definition) is 3. The van der Waals surface area contributed by atoms with E-state index in [0.29, 0.717) is 0 Å².